The zero-order chi connectivity index (χ0) is 14.2. The lowest BCUT2D eigenvalue weighted by Crippen LogP contribution is -2.61. The molecule has 2 N–H and O–H groups in total. The van der Waals surface area contributed by atoms with Crippen LogP contribution in [0.5, 0.6) is 0 Å². The molecule has 2 aliphatic heterocycles. The number of hydrogen-bond acceptors (Lipinski definition) is 3. The fourth-order valence-electron chi connectivity index (χ4n) is 4.32. The Hall–Kier alpha value is -1.06. The molecule has 0 amide bonds. The lowest BCUT2D eigenvalue weighted by atomic mass is 9.83. The predicted molar refractivity (Wildman–Crippen MR) is 85.2 cm³/mol. The number of piperidine rings is 1. The van der Waals surface area contributed by atoms with E-state index in [2.05, 4.69) is 48.0 Å². The molecule has 2 heterocycles. The third kappa shape index (κ3) is 2.04. The number of likely N-dealkylation sites (N-methyl/N-ethyl adjacent to an activating group) is 1. The van der Waals surface area contributed by atoms with Crippen LogP contribution < -0.4 is 10.6 Å². The van der Waals surface area contributed by atoms with Crippen molar-refractivity contribution in [3.8, 4) is 0 Å². The molecule has 3 rings (SSSR count). The first kappa shape index (κ1) is 13.9. The van der Waals surface area contributed by atoms with Crippen LogP contribution in [0.2, 0.25) is 0 Å². The van der Waals surface area contributed by atoms with Crippen LogP contribution in [-0.2, 0) is 0 Å². The molecule has 1 aromatic carbocycles. The highest BCUT2D eigenvalue weighted by atomic mass is 15.3. The van der Waals surface area contributed by atoms with Crippen LogP contribution in [0.3, 0.4) is 0 Å². The molecule has 2 unspecified atom stereocenters. The number of hydrogen-bond donors (Lipinski definition) is 1. The second-order valence-corrected chi connectivity index (χ2v) is 6.45. The van der Waals surface area contributed by atoms with Crippen molar-refractivity contribution in [3.05, 3.63) is 29.8 Å². The maximum atomic E-state index is 6.30. The van der Waals surface area contributed by atoms with E-state index in [1.807, 2.05) is 0 Å². The Morgan fingerprint density at radius 3 is 2.85 bits per heavy atom. The normalized spacial score (nSPS) is 30.2. The largest absolute Gasteiger partial charge is 0.366 e. The molecule has 110 valence electrons. The van der Waals surface area contributed by atoms with Gasteiger partial charge in [0.25, 0.3) is 0 Å². The minimum absolute atomic E-state index is 0.118. The molecule has 0 radical (unpaired) electrons. The Bertz CT molecular complexity index is 473. The van der Waals surface area contributed by atoms with E-state index in [0.29, 0.717) is 6.04 Å². The Morgan fingerprint density at radius 1 is 1.30 bits per heavy atom. The highest BCUT2D eigenvalue weighted by Crippen LogP contribution is 2.40. The van der Waals surface area contributed by atoms with Crippen molar-refractivity contribution in [3.63, 3.8) is 0 Å². The van der Waals surface area contributed by atoms with Crippen LogP contribution in [0.25, 0.3) is 0 Å². The summed E-state index contributed by atoms with van der Waals surface area (Å²) < 4.78 is 0. The molecule has 3 nitrogen and oxygen atoms in total. The van der Waals surface area contributed by atoms with E-state index in [1.54, 1.807) is 0 Å². The van der Waals surface area contributed by atoms with Crippen LogP contribution >= 0.6 is 0 Å². The van der Waals surface area contributed by atoms with Crippen LogP contribution in [0.1, 0.15) is 31.2 Å². The van der Waals surface area contributed by atoms with Crippen molar-refractivity contribution >= 4 is 5.69 Å². The summed E-state index contributed by atoms with van der Waals surface area (Å²) in [5.41, 5.74) is 9.10. The van der Waals surface area contributed by atoms with Gasteiger partial charge in [-0.2, -0.15) is 0 Å². The number of para-hydroxylation sites is 1. The van der Waals surface area contributed by atoms with Crippen LogP contribution in [0, 0.1) is 6.92 Å². The van der Waals surface area contributed by atoms with Gasteiger partial charge in [-0.1, -0.05) is 24.6 Å². The number of aryl methyl sites for hydroxylation is 1. The topological polar surface area (TPSA) is 32.5 Å². The van der Waals surface area contributed by atoms with Crippen LogP contribution in [-0.4, -0.2) is 43.2 Å². The highest BCUT2D eigenvalue weighted by molar-refractivity contribution is 5.55. The van der Waals surface area contributed by atoms with Crippen LogP contribution in [0.15, 0.2) is 24.3 Å². The smallest absolute Gasteiger partial charge is 0.0687 e. The lowest BCUT2D eigenvalue weighted by Gasteiger charge is -2.47. The first-order valence-corrected chi connectivity index (χ1v) is 7.92. The van der Waals surface area contributed by atoms with Crippen molar-refractivity contribution in [1.82, 2.24) is 4.90 Å². The second kappa shape index (κ2) is 5.38. The van der Waals surface area contributed by atoms with Crippen molar-refractivity contribution in [2.45, 2.75) is 44.2 Å². The van der Waals surface area contributed by atoms with Crippen molar-refractivity contribution < 1.29 is 0 Å². The Morgan fingerprint density at radius 2 is 2.10 bits per heavy atom. The Kier molecular flexibility index (Phi) is 3.74. The molecule has 0 saturated carbocycles. The molecule has 0 aromatic heterocycles. The maximum absolute atomic E-state index is 6.30. The molecule has 1 aromatic rings. The van der Waals surface area contributed by atoms with E-state index in [9.17, 15) is 0 Å². The maximum Gasteiger partial charge on any atom is 0.0687 e. The Labute approximate surface area is 122 Å². The van der Waals surface area contributed by atoms with Gasteiger partial charge in [-0.3, -0.25) is 4.90 Å². The summed E-state index contributed by atoms with van der Waals surface area (Å²) in [6.45, 7) is 5.41. The van der Waals surface area contributed by atoms with Gasteiger partial charge in [-0.05, 0) is 44.4 Å². The van der Waals surface area contributed by atoms with E-state index >= 15 is 0 Å². The first-order valence-electron chi connectivity index (χ1n) is 7.92. The van der Waals surface area contributed by atoms with E-state index in [4.69, 9.17) is 5.73 Å². The number of nitrogens with zero attached hydrogens (tertiary/aromatic N) is 2. The summed E-state index contributed by atoms with van der Waals surface area (Å²) in [6, 6.07) is 9.31. The summed E-state index contributed by atoms with van der Waals surface area (Å²) >= 11 is 0. The molecule has 0 aliphatic carbocycles. The lowest BCUT2D eigenvalue weighted by molar-refractivity contribution is 0.157. The second-order valence-electron chi connectivity index (χ2n) is 6.45. The van der Waals surface area contributed by atoms with Gasteiger partial charge >= 0.3 is 0 Å². The van der Waals surface area contributed by atoms with Gasteiger partial charge in [-0.15, -0.1) is 0 Å². The monoisotopic (exact) mass is 273 g/mol. The van der Waals surface area contributed by atoms with Gasteiger partial charge in [0.1, 0.15) is 0 Å². The van der Waals surface area contributed by atoms with E-state index in [-0.39, 0.29) is 5.54 Å². The first-order chi connectivity index (χ1) is 9.69. The molecule has 3 heteroatoms. The summed E-state index contributed by atoms with van der Waals surface area (Å²) in [7, 11) is 2.24. The van der Waals surface area contributed by atoms with E-state index in [0.717, 1.165) is 6.54 Å². The minimum Gasteiger partial charge on any atom is -0.366 e. The highest BCUT2D eigenvalue weighted by Gasteiger charge is 2.49. The van der Waals surface area contributed by atoms with Gasteiger partial charge in [0.05, 0.1) is 5.54 Å². The quantitative estimate of drug-likeness (QED) is 0.918. The molecule has 2 saturated heterocycles. The van der Waals surface area contributed by atoms with E-state index in [1.165, 1.54) is 50.0 Å². The molecule has 0 spiro atoms. The average Bonchev–Trinajstić information content (AvgIpc) is 2.87. The summed E-state index contributed by atoms with van der Waals surface area (Å²) in [4.78, 5) is 5.16. The van der Waals surface area contributed by atoms with Crippen molar-refractivity contribution in [1.29, 1.82) is 0 Å². The van der Waals surface area contributed by atoms with E-state index < -0.39 is 0 Å². The molecule has 2 aliphatic rings. The summed E-state index contributed by atoms with van der Waals surface area (Å²) in [5.74, 6) is 0. The third-order valence-electron chi connectivity index (χ3n) is 5.56. The van der Waals surface area contributed by atoms with Crippen molar-refractivity contribution in [2.75, 3.05) is 31.6 Å². The van der Waals surface area contributed by atoms with Gasteiger partial charge in [0, 0.05) is 31.9 Å². The average molecular weight is 273 g/mol. The molecular weight excluding hydrogens is 246 g/mol. The van der Waals surface area contributed by atoms with Gasteiger partial charge in [-0.25, -0.2) is 0 Å². The zero-order valence-corrected chi connectivity index (χ0v) is 12.8. The van der Waals surface area contributed by atoms with Gasteiger partial charge in [0.2, 0.25) is 0 Å². The number of nitrogens with two attached hydrogens (primary N) is 1. The number of fused-ring (bicyclic) bond motifs is 1. The zero-order valence-electron chi connectivity index (χ0n) is 12.8. The fourth-order valence-corrected chi connectivity index (χ4v) is 4.32. The van der Waals surface area contributed by atoms with Crippen LogP contribution in [0.4, 0.5) is 5.69 Å². The fraction of sp³-hybridized carbons (Fsp3) is 0.647. The number of rotatable bonds is 3. The molecule has 20 heavy (non-hydrogen) atoms. The summed E-state index contributed by atoms with van der Waals surface area (Å²) in [6.07, 6.45) is 5.20. The number of anilines is 1. The Balaban J connectivity index is 1.94. The molecule has 2 atom stereocenters. The number of benzene rings is 1. The third-order valence-corrected chi connectivity index (χ3v) is 5.56. The van der Waals surface area contributed by atoms with Gasteiger partial charge in [0.15, 0.2) is 0 Å². The molecule has 0 bridgehead atoms. The summed E-state index contributed by atoms with van der Waals surface area (Å²) in [5, 5.41) is 0. The van der Waals surface area contributed by atoms with Gasteiger partial charge < -0.3 is 10.6 Å². The molecule has 2 fully saturated rings. The SMILES string of the molecule is Cc1ccccc1N(C)C1(CN)CCN2CCCCC21. The standard InChI is InChI=1S/C17H27N3/c1-14-7-3-4-8-15(14)19(2)17(13-18)10-12-20-11-6-5-9-16(17)20/h3-4,7-8,16H,5-6,9-13,18H2,1-2H3. The predicted octanol–water partition coefficient (Wildman–Crippen LogP) is 2.39. The minimum atomic E-state index is 0.118. The van der Waals surface area contributed by atoms with Crippen molar-refractivity contribution in [2.24, 2.45) is 5.73 Å². The molecular formula is C17H27N3.